The molecule has 158 valence electrons. The number of halogens is 1. The molecule has 2 aromatic carbocycles. The Morgan fingerprint density at radius 1 is 1.29 bits per heavy atom. The lowest BCUT2D eigenvalue weighted by Crippen LogP contribution is -2.11. The molecule has 0 aliphatic carbocycles. The van der Waals surface area contributed by atoms with Crippen molar-refractivity contribution in [3.63, 3.8) is 0 Å². The van der Waals surface area contributed by atoms with Crippen LogP contribution < -0.4 is 10.1 Å². The Hall–Kier alpha value is -3.40. The zero-order valence-corrected chi connectivity index (χ0v) is 17.6. The van der Waals surface area contributed by atoms with Crippen molar-refractivity contribution in [3.8, 4) is 17.1 Å². The maximum Gasteiger partial charge on any atom is 0.287 e. The molecule has 0 bridgehead atoms. The number of amides is 1. The van der Waals surface area contributed by atoms with E-state index in [1.54, 1.807) is 36.4 Å². The van der Waals surface area contributed by atoms with E-state index in [9.17, 15) is 20.0 Å². The lowest BCUT2D eigenvalue weighted by Gasteiger charge is -2.11. The second-order valence-electron chi connectivity index (χ2n) is 6.45. The van der Waals surface area contributed by atoms with Crippen molar-refractivity contribution in [2.45, 2.75) is 6.61 Å². The van der Waals surface area contributed by atoms with Crippen LogP contribution in [0.1, 0.15) is 15.4 Å². The molecular formula is C21H15ClN2O6S. The van der Waals surface area contributed by atoms with Crippen molar-refractivity contribution >= 4 is 50.3 Å². The van der Waals surface area contributed by atoms with Crippen molar-refractivity contribution in [1.82, 2.24) is 0 Å². The number of hydrogen-bond donors (Lipinski definition) is 2. The van der Waals surface area contributed by atoms with E-state index in [0.29, 0.717) is 38.6 Å². The average Bonchev–Trinajstić information content (AvgIpc) is 3.38. The van der Waals surface area contributed by atoms with Crippen LogP contribution in [0.15, 0.2) is 52.9 Å². The summed E-state index contributed by atoms with van der Waals surface area (Å²) in [4.78, 5) is 23.9. The van der Waals surface area contributed by atoms with Crippen molar-refractivity contribution in [3.05, 3.63) is 74.3 Å². The molecule has 0 radical (unpaired) electrons. The van der Waals surface area contributed by atoms with Gasteiger partial charge in [0.2, 0.25) is 0 Å². The van der Waals surface area contributed by atoms with Crippen LogP contribution in [0.5, 0.6) is 5.75 Å². The fourth-order valence-corrected chi connectivity index (χ4v) is 4.61. The number of aliphatic hydroxyl groups is 1. The summed E-state index contributed by atoms with van der Waals surface area (Å²) in [5, 5.41) is 23.8. The van der Waals surface area contributed by atoms with Crippen LogP contribution in [-0.2, 0) is 6.61 Å². The molecule has 0 saturated carbocycles. The first-order valence-corrected chi connectivity index (χ1v) is 10.2. The number of rotatable bonds is 6. The highest BCUT2D eigenvalue weighted by molar-refractivity contribution is 7.22. The standard InChI is InChI=1S/C21H15ClN2O6S/c1-29-17-7-5-11(16-8-6-12(10-25)30-16)9-14(17)23-21(26)20-18(22)13-3-2-4-15(24(27)28)19(13)31-20/h2-9,25H,10H2,1H3,(H,23,26). The molecule has 0 unspecified atom stereocenters. The first-order chi connectivity index (χ1) is 14.9. The van der Waals surface area contributed by atoms with Gasteiger partial charge in [0.1, 0.15) is 33.5 Å². The molecule has 10 heteroatoms. The maximum absolute atomic E-state index is 13.0. The highest BCUT2D eigenvalue weighted by atomic mass is 35.5. The molecule has 0 fully saturated rings. The van der Waals surface area contributed by atoms with Crippen LogP contribution in [0.3, 0.4) is 0 Å². The average molecular weight is 459 g/mol. The van der Waals surface area contributed by atoms with Crippen LogP contribution in [0.25, 0.3) is 21.4 Å². The molecule has 0 spiro atoms. The van der Waals surface area contributed by atoms with Gasteiger partial charge >= 0.3 is 0 Å². The van der Waals surface area contributed by atoms with Gasteiger partial charge in [-0.05, 0) is 30.3 Å². The molecule has 2 heterocycles. The largest absolute Gasteiger partial charge is 0.495 e. The molecule has 0 atom stereocenters. The minimum absolute atomic E-state index is 0.111. The van der Waals surface area contributed by atoms with Gasteiger partial charge in [-0.3, -0.25) is 14.9 Å². The number of carbonyl (C=O) groups excluding carboxylic acids is 1. The molecular weight excluding hydrogens is 444 g/mol. The summed E-state index contributed by atoms with van der Waals surface area (Å²) in [6.07, 6.45) is 0. The lowest BCUT2D eigenvalue weighted by molar-refractivity contribution is -0.382. The number of nitrogens with zero attached hydrogens (tertiary/aromatic N) is 1. The number of ether oxygens (including phenoxy) is 1. The molecule has 4 rings (SSSR count). The number of non-ortho nitro benzene ring substituents is 1. The molecule has 4 aromatic rings. The number of thiophene rings is 1. The Morgan fingerprint density at radius 2 is 2.10 bits per heavy atom. The zero-order chi connectivity index (χ0) is 22.1. The topological polar surface area (TPSA) is 115 Å². The summed E-state index contributed by atoms with van der Waals surface area (Å²) in [5.41, 5.74) is 0.921. The molecule has 1 amide bonds. The van der Waals surface area contributed by atoms with Crippen molar-refractivity contribution < 1.29 is 24.0 Å². The van der Waals surface area contributed by atoms with Crippen molar-refractivity contribution in [1.29, 1.82) is 0 Å². The van der Waals surface area contributed by atoms with E-state index >= 15 is 0 Å². The third-order valence-corrected chi connectivity index (χ3v) is 6.32. The predicted molar refractivity (Wildman–Crippen MR) is 118 cm³/mol. The zero-order valence-electron chi connectivity index (χ0n) is 16.0. The summed E-state index contributed by atoms with van der Waals surface area (Å²) in [6, 6.07) is 13.0. The van der Waals surface area contributed by atoms with Gasteiger partial charge in [0.25, 0.3) is 11.6 Å². The summed E-state index contributed by atoms with van der Waals surface area (Å²) >= 11 is 7.33. The van der Waals surface area contributed by atoms with Gasteiger partial charge in [0.05, 0.1) is 22.7 Å². The molecule has 31 heavy (non-hydrogen) atoms. The molecule has 0 aliphatic rings. The van der Waals surface area contributed by atoms with Gasteiger partial charge < -0.3 is 19.6 Å². The third-order valence-electron chi connectivity index (χ3n) is 4.59. The van der Waals surface area contributed by atoms with Gasteiger partial charge in [0.15, 0.2) is 0 Å². The fourth-order valence-electron chi connectivity index (χ4n) is 3.12. The second-order valence-corrected chi connectivity index (χ2v) is 7.85. The molecule has 0 aliphatic heterocycles. The van der Waals surface area contributed by atoms with Crippen LogP contribution in [-0.4, -0.2) is 23.0 Å². The number of nitrogens with one attached hydrogen (secondary N) is 1. The number of anilines is 1. The van der Waals surface area contributed by atoms with Gasteiger partial charge in [-0.1, -0.05) is 23.7 Å². The maximum atomic E-state index is 13.0. The summed E-state index contributed by atoms with van der Waals surface area (Å²) in [7, 11) is 1.47. The van der Waals surface area contributed by atoms with Crippen LogP contribution in [0, 0.1) is 10.1 Å². The first kappa shape index (κ1) is 20.9. The van der Waals surface area contributed by atoms with Crippen LogP contribution in [0.2, 0.25) is 5.02 Å². The number of nitro benzene ring substituents is 1. The third kappa shape index (κ3) is 3.86. The monoisotopic (exact) mass is 458 g/mol. The minimum atomic E-state index is -0.522. The van der Waals surface area contributed by atoms with E-state index < -0.39 is 10.8 Å². The number of nitro groups is 1. The second kappa shape index (κ2) is 8.38. The highest BCUT2D eigenvalue weighted by Crippen LogP contribution is 2.41. The number of furan rings is 1. The van der Waals surface area contributed by atoms with E-state index in [1.165, 1.54) is 19.2 Å². The molecule has 0 saturated heterocycles. The van der Waals surface area contributed by atoms with Gasteiger partial charge in [-0.25, -0.2) is 0 Å². The predicted octanol–water partition coefficient (Wildman–Crippen LogP) is 5.48. The van der Waals surface area contributed by atoms with Crippen LogP contribution >= 0.6 is 22.9 Å². The van der Waals surface area contributed by atoms with Gasteiger partial charge in [0, 0.05) is 17.0 Å². The fraction of sp³-hybridized carbons (Fsp3) is 0.0952. The number of hydrogen-bond acceptors (Lipinski definition) is 7. The van der Waals surface area contributed by atoms with E-state index in [-0.39, 0.29) is 22.2 Å². The number of fused-ring (bicyclic) bond motifs is 1. The number of aliphatic hydroxyl groups excluding tert-OH is 1. The molecule has 2 aromatic heterocycles. The highest BCUT2D eigenvalue weighted by Gasteiger charge is 2.23. The summed E-state index contributed by atoms with van der Waals surface area (Å²) in [5.74, 6) is 0.813. The van der Waals surface area contributed by atoms with E-state index in [2.05, 4.69) is 5.32 Å². The summed E-state index contributed by atoms with van der Waals surface area (Å²) < 4.78 is 11.2. The Bertz CT molecular complexity index is 1310. The number of methoxy groups -OCH3 is 1. The lowest BCUT2D eigenvalue weighted by atomic mass is 10.1. The van der Waals surface area contributed by atoms with Gasteiger partial charge in [-0.15, -0.1) is 11.3 Å². The quantitative estimate of drug-likeness (QED) is 0.292. The summed E-state index contributed by atoms with van der Waals surface area (Å²) in [6.45, 7) is -0.226. The smallest absolute Gasteiger partial charge is 0.287 e. The van der Waals surface area contributed by atoms with E-state index in [4.69, 9.17) is 20.8 Å². The van der Waals surface area contributed by atoms with E-state index in [0.717, 1.165) is 11.3 Å². The minimum Gasteiger partial charge on any atom is -0.495 e. The number of carbonyl (C=O) groups is 1. The molecule has 8 nitrogen and oxygen atoms in total. The Kier molecular flexibility index (Phi) is 5.64. The molecule has 2 N–H and O–H groups in total. The van der Waals surface area contributed by atoms with Gasteiger partial charge in [-0.2, -0.15) is 0 Å². The SMILES string of the molecule is COc1ccc(-c2ccc(CO)o2)cc1NC(=O)c1sc2c([N+](=O)[O-])cccc2c1Cl. The van der Waals surface area contributed by atoms with Crippen molar-refractivity contribution in [2.75, 3.05) is 12.4 Å². The Labute approximate surface area is 184 Å². The Morgan fingerprint density at radius 3 is 2.77 bits per heavy atom. The van der Waals surface area contributed by atoms with E-state index in [1.807, 2.05) is 0 Å². The first-order valence-electron chi connectivity index (χ1n) is 8.97. The Balaban J connectivity index is 1.71. The normalized spacial score (nSPS) is 10.9. The van der Waals surface area contributed by atoms with Crippen molar-refractivity contribution in [2.24, 2.45) is 0 Å². The van der Waals surface area contributed by atoms with Crippen LogP contribution in [0.4, 0.5) is 11.4 Å². The number of benzene rings is 2.